The van der Waals surface area contributed by atoms with E-state index in [9.17, 15) is 20.2 Å². The fourth-order valence-electron chi connectivity index (χ4n) is 1.44. The van der Waals surface area contributed by atoms with Gasteiger partial charge >= 0.3 is 5.69 Å². The molecule has 0 radical (unpaired) electrons. The van der Waals surface area contributed by atoms with Crippen LogP contribution in [0.5, 0.6) is 11.5 Å². The fraction of sp³-hybridized carbons (Fsp3) is 0.273. The summed E-state index contributed by atoms with van der Waals surface area (Å²) in [5, 5.41) is 21.4. The van der Waals surface area contributed by atoms with Crippen LogP contribution in [0.1, 0.15) is 12.5 Å². The van der Waals surface area contributed by atoms with Crippen molar-refractivity contribution >= 4 is 11.8 Å². The van der Waals surface area contributed by atoms with Crippen molar-refractivity contribution in [2.45, 2.75) is 6.92 Å². The van der Waals surface area contributed by atoms with Crippen LogP contribution in [0.2, 0.25) is 0 Å². The van der Waals surface area contributed by atoms with E-state index < -0.39 is 9.85 Å². The van der Waals surface area contributed by atoms with Gasteiger partial charge in [0, 0.05) is 18.6 Å². The lowest BCUT2D eigenvalue weighted by atomic mass is 10.1. The Hall–Kier alpha value is -2.64. The van der Waals surface area contributed by atoms with Gasteiger partial charge in [-0.1, -0.05) is 0 Å². The summed E-state index contributed by atoms with van der Waals surface area (Å²) in [7, 11) is 2.60. The second kappa shape index (κ2) is 5.80. The molecular formula is C11H12N2O6. The van der Waals surface area contributed by atoms with Crippen molar-refractivity contribution in [3.8, 4) is 11.5 Å². The zero-order valence-electron chi connectivity index (χ0n) is 10.6. The highest BCUT2D eigenvalue weighted by Gasteiger charge is 2.19. The van der Waals surface area contributed by atoms with E-state index in [4.69, 9.17) is 9.47 Å². The summed E-state index contributed by atoms with van der Waals surface area (Å²) in [6.07, 6.45) is 1.26. The minimum atomic E-state index is -0.616. The molecule has 19 heavy (non-hydrogen) atoms. The first-order valence-corrected chi connectivity index (χ1v) is 5.13. The van der Waals surface area contributed by atoms with Gasteiger partial charge in [-0.2, -0.15) is 0 Å². The van der Waals surface area contributed by atoms with Crippen molar-refractivity contribution in [1.82, 2.24) is 0 Å². The fourth-order valence-corrected chi connectivity index (χ4v) is 1.44. The Morgan fingerprint density at radius 3 is 2.16 bits per heavy atom. The van der Waals surface area contributed by atoms with Gasteiger partial charge in [-0.05, 0) is 6.07 Å². The number of hydrogen-bond acceptors (Lipinski definition) is 6. The van der Waals surface area contributed by atoms with Crippen LogP contribution in [0.15, 0.2) is 17.8 Å². The third-order valence-electron chi connectivity index (χ3n) is 2.38. The molecule has 0 aromatic heterocycles. The van der Waals surface area contributed by atoms with E-state index in [1.165, 1.54) is 33.3 Å². The van der Waals surface area contributed by atoms with Crippen LogP contribution in [0.4, 0.5) is 5.69 Å². The monoisotopic (exact) mass is 268 g/mol. The van der Waals surface area contributed by atoms with Crippen LogP contribution < -0.4 is 9.47 Å². The van der Waals surface area contributed by atoms with Gasteiger partial charge in [0.2, 0.25) is 5.70 Å². The summed E-state index contributed by atoms with van der Waals surface area (Å²) in [6.45, 7) is 1.31. The summed E-state index contributed by atoms with van der Waals surface area (Å²) >= 11 is 0. The maximum atomic E-state index is 10.8. The van der Waals surface area contributed by atoms with Crippen molar-refractivity contribution in [2.75, 3.05) is 14.2 Å². The van der Waals surface area contributed by atoms with Gasteiger partial charge in [0.15, 0.2) is 5.75 Å². The number of ether oxygens (including phenoxy) is 2. The first-order valence-electron chi connectivity index (χ1n) is 5.13. The number of allylic oxidation sites excluding steroid dienone is 1. The topological polar surface area (TPSA) is 105 Å². The van der Waals surface area contributed by atoms with Crippen molar-refractivity contribution < 1.29 is 19.3 Å². The molecule has 0 fully saturated rings. The molecule has 0 saturated heterocycles. The summed E-state index contributed by atoms with van der Waals surface area (Å²) in [6, 6.07) is 2.49. The molecule has 0 saturated carbocycles. The molecular weight excluding hydrogens is 256 g/mol. The molecule has 1 aromatic carbocycles. The van der Waals surface area contributed by atoms with E-state index in [0.717, 1.165) is 6.07 Å². The molecule has 0 N–H and O–H groups in total. The molecule has 102 valence electrons. The predicted molar refractivity (Wildman–Crippen MR) is 66.8 cm³/mol. The van der Waals surface area contributed by atoms with Crippen LogP contribution in [-0.2, 0) is 0 Å². The van der Waals surface area contributed by atoms with Gasteiger partial charge in [-0.3, -0.25) is 20.2 Å². The van der Waals surface area contributed by atoms with Crippen molar-refractivity contribution in [3.63, 3.8) is 0 Å². The Morgan fingerprint density at radius 1 is 1.16 bits per heavy atom. The van der Waals surface area contributed by atoms with E-state index in [0.29, 0.717) is 5.56 Å². The lowest BCUT2D eigenvalue weighted by Gasteiger charge is -2.08. The lowest BCUT2D eigenvalue weighted by molar-refractivity contribution is -0.422. The Morgan fingerprint density at radius 2 is 1.74 bits per heavy atom. The smallest absolute Gasteiger partial charge is 0.314 e. The molecule has 0 aliphatic carbocycles. The van der Waals surface area contributed by atoms with E-state index >= 15 is 0 Å². The van der Waals surface area contributed by atoms with Gasteiger partial charge < -0.3 is 9.47 Å². The average Bonchev–Trinajstić information content (AvgIpc) is 2.37. The number of nitro benzene ring substituents is 1. The summed E-state index contributed by atoms with van der Waals surface area (Å²) in [5.41, 5.74) is -0.0522. The third kappa shape index (κ3) is 3.18. The van der Waals surface area contributed by atoms with Gasteiger partial charge in [-0.15, -0.1) is 0 Å². The van der Waals surface area contributed by atoms with Crippen molar-refractivity contribution in [2.24, 2.45) is 0 Å². The summed E-state index contributed by atoms with van der Waals surface area (Å²) in [4.78, 5) is 20.2. The Labute approximate surface area is 108 Å². The Bertz CT molecular complexity index is 552. The highest BCUT2D eigenvalue weighted by molar-refractivity contribution is 5.66. The zero-order chi connectivity index (χ0) is 14.6. The minimum absolute atomic E-state index is 0.00759. The maximum absolute atomic E-state index is 10.8. The molecule has 0 atom stereocenters. The van der Waals surface area contributed by atoms with Crippen molar-refractivity contribution in [1.29, 1.82) is 0 Å². The number of benzene rings is 1. The van der Waals surface area contributed by atoms with E-state index in [1.807, 2.05) is 0 Å². The first-order chi connectivity index (χ1) is 8.90. The largest absolute Gasteiger partial charge is 0.496 e. The molecule has 0 aliphatic heterocycles. The molecule has 0 amide bonds. The summed E-state index contributed by atoms with van der Waals surface area (Å²) in [5.74, 6) is 0.168. The van der Waals surface area contributed by atoms with Crippen LogP contribution in [0.3, 0.4) is 0 Å². The highest BCUT2D eigenvalue weighted by Crippen LogP contribution is 2.35. The number of rotatable bonds is 5. The summed E-state index contributed by atoms with van der Waals surface area (Å²) < 4.78 is 9.88. The molecule has 0 bridgehead atoms. The van der Waals surface area contributed by atoms with Crippen LogP contribution in [-0.4, -0.2) is 24.1 Å². The highest BCUT2D eigenvalue weighted by atomic mass is 16.6. The molecule has 1 aromatic rings. The van der Waals surface area contributed by atoms with Crippen LogP contribution in [0.25, 0.3) is 6.08 Å². The van der Waals surface area contributed by atoms with E-state index in [-0.39, 0.29) is 22.9 Å². The quantitative estimate of drug-likeness (QED) is 0.599. The van der Waals surface area contributed by atoms with Gasteiger partial charge in [0.05, 0.1) is 30.1 Å². The van der Waals surface area contributed by atoms with Crippen LogP contribution in [0, 0.1) is 20.2 Å². The van der Waals surface area contributed by atoms with Gasteiger partial charge in [0.1, 0.15) is 5.75 Å². The van der Waals surface area contributed by atoms with Gasteiger partial charge in [-0.25, -0.2) is 0 Å². The second-order valence-corrected chi connectivity index (χ2v) is 3.57. The average molecular weight is 268 g/mol. The van der Waals surface area contributed by atoms with Gasteiger partial charge in [0.25, 0.3) is 0 Å². The maximum Gasteiger partial charge on any atom is 0.314 e. The number of methoxy groups -OCH3 is 2. The standard InChI is InChI=1S/C11H12N2O6/c1-7(12(14)15)4-8-5-11(19-3)9(13(16)17)6-10(8)18-2/h4-6H,1-3H3. The number of nitrogens with zero attached hydrogens (tertiary/aromatic N) is 2. The first kappa shape index (κ1) is 14.4. The molecule has 0 aliphatic rings. The molecule has 0 heterocycles. The van der Waals surface area contributed by atoms with E-state index in [2.05, 4.69) is 0 Å². The van der Waals surface area contributed by atoms with Crippen molar-refractivity contribution in [3.05, 3.63) is 43.6 Å². The molecule has 0 unspecified atom stereocenters. The normalized spacial score (nSPS) is 11.0. The molecule has 0 spiro atoms. The third-order valence-corrected chi connectivity index (χ3v) is 2.38. The Kier molecular flexibility index (Phi) is 4.41. The second-order valence-electron chi connectivity index (χ2n) is 3.57. The zero-order valence-corrected chi connectivity index (χ0v) is 10.6. The predicted octanol–water partition coefficient (Wildman–Crippen LogP) is 2.25. The Balaban J connectivity index is 3.44. The molecule has 8 heteroatoms. The van der Waals surface area contributed by atoms with E-state index in [1.54, 1.807) is 0 Å². The SMILES string of the molecule is COc1cc([N+](=O)[O-])c(OC)cc1C=C(C)[N+](=O)[O-]. The molecule has 8 nitrogen and oxygen atoms in total. The lowest BCUT2D eigenvalue weighted by Crippen LogP contribution is -1.98. The minimum Gasteiger partial charge on any atom is -0.496 e. The number of nitro groups is 2. The number of hydrogen-bond donors (Lipinski definition) is 0. The molecule has 1 rings (SSSR count). The van der Waals surface area contributed by atoms with Crippen LogP contribution >= 0.6 is 0 Å².